The van der Waals surface area contributed by atoms with Crippen molar-refractivity contribution in [1.29, 1.82) is 0 Å². The van der Waals surface area contributed by atoms with Gasteiger partial charge in [0.2, 0.25) is 0 Å². The minimum Gasteiger partial charge on any atom is -0.303 e. The highest BCUT2D eigenvalue weighted by molar-refractivity contribution is 7.09. The molecular formula is C10H15F3N2S. The molecule has 0 aliphatic carbocycles. The Kier molecular flexibility index (Phi) is 5.21. The second-order valence-corrected chi connectivity index (χ2v) is 4.50. The third-order valence-electron chi connectivity index (χ3n) is 1.98. The molecule has 0 bridgehead atoms. The highest BCUT2D eigenvalue weighted by Crippen LogP contribution is 2.14. The van der Waals surface area contributed by atoms with Gasteiger partial charge in [-0.1, -0.05) is 13.3 Å². The molecule has 1 heterocycles. The third-order valence-corrected chi connectivity index (χ3v) is 2.93. The van der Waals surface area contributed by atoms with Crippen LogP contribution in [-0.2, 0) is 13.0 Å². The molecule has 0 spiro atoms. The van der Waals surface area contributed by atoms with Crippen LogP contribution in [0.5, 0.6) is 0 Å². The largest absolute Gasteiger partial charge is 0.401 e. The average Bonchev–Trinajstić information content (AvgIpc) is 2.61. The first kappa shape index (κ1) is 13.4. The lowest BCUT2D eigenvalue weighted by Crippen LogP contribution is -2.28. The Balaban J connectivity index is 2.29. The number of rotatable bonds is 6. The van der Waals surface area contributed by atoms with E-state index in [1.54, 1.807) is 0 Å². The van der Waals surface area contributed by atoms with E-state index < -0.39 is 12.7 Å². The van der Waals surface area contributed by atoms with Crippen LogP contribution in [-0.4, -0.2) is 17.7 Å². The van der Waals surface area contributed by atoms with Crippen LogP contribution >= 0.6 is 11.3 Å². The van der Waals surface area contributed by atoms with Crippen molar-refractivity contribution in [2.75, 3.05) is 6.54 Å². The fourth-order valence-electron chi connectivity index (χ4n) is 1.21. The maximum absolute atomic E-state index is 11.8. The SMILES string of the molecule is CCCCc1nc(CNCC(F)(F)F)cs1. The van der Waals surface area contributed by atoms with E-state index in [4.69, 9.17) is 0 Å². The molecule has 0 atom stereocenters. The summed E-state index contributed by atoms with van der Waals surface area (Å²) in [7, 11) is 0. The zero-order valence-corrected chi connectivity index (χ0v) is 9.92. The Labute approximate surface area is 96.9 Å². The highest BCUT2D eigenvalue weighted by atomic mass is 32.1. The summed E-state index contributed by atoms with van der Waals surface area (Å²) >= 11 is 1.52. The zero-order valence-electron chi connectivity index (χ0n) is 9.10. The monoisotopic (exact) mass is 252 g/mol. The first-order chi connectivity index (χ1) is 7.51. The molecule has 0 fully saturated rings. The molecule has 1 aromatic heterocycles. The fraction of sp³-hybridized carbons (Fsp3) is 0.700. The second kappa shape index (κ2) is 6.20. The summed E-state index contributed by atoms with van der Waals surface area (Å²) in [5.41, 5.74) is 0.695. The molecule has 0 aliphatic heterocycles. The summed E-state index contributed by atoms with van der Waals surface area (Å²) < 4.78 is 35.5. The maximum atomic E-state index is 11.8. The molecule has 0 saturated heterocycles. The van der Waals surface area contributed by atoms with Crippen LogP contribution in [0.2, 0.25) is 0 Å². The van der Waals surface area contributed by atoms with Crippen LogP contribution in [0.15, 0.2) is 5.38 Å². The van der Waals surface area contributed by atoms with E-state index in [0.29, 0.717) is 5.69 Å². The number of halogens is 3. The normalized spacial score (nSPS) is 12.0. The van der Waals surface area contributed by atoms with Crippen molar-refractivity contribution >= 4 is 11.3 Å². The number of unbranched alkanes of at least 4 members (excludes halogenated alkanes) is 1. The number of thiazole rings is 1. The number of nitrogens with zero attached hydrogens (tertiary/aromatic N) is 1. The summed E-state index contributed by atoms with van der Waals surface area (Å²) in [6.45, 7) is 1.32. The maximum Gasteiger partial charge on any atom is 0.401 e. The van der Waals surface area contributed by atoms with Gasteiger partial charge in [0.15, 0.2) is 0 Å². The van der Waals surface area contributed by atoms with E-state index in [9.17, 15) is 13.2 Å². The first-order valence-corrected chi connectivity index (χ1v) is 6.10. The number of hydrogen-bond acceptors (Lipinski definition) is 3. The molecule has 0 aliphatic rings. The minimum absolute atomic E-state index is 0.183. The smallest absolute Gasteiger partial charge is 0.303 e. The van der Waals surface area contributed by atoms with E-state index in [1.807, 2.05) is 5.38 Å². The lowest BCUT2D eigenvalue weighted by atomic mass is 10.3. The van der Waals surface area contributed by atoms with Crippen molar-refractivity contribution in [1.82, 2.24) is 10.3 Å². The van der Waals surface area contributed by atoms with Gasteiger partial charge in [-0.05, 0) is 12.8 Å². The molecule has 0 aromatic carbocycles. The average molecular weight is 252 g/mol. The van der Waals surface area contributed by atoms with Gasteiger partial charge in [0.25, 0.3) is 0 Å². The van der Waals surface area contributed by atoms with Crippen molar-refractivity contribution < 1.29 is 13.2 Å². The predicted molar refractivity (Wildman–Crippen MR) is 58.5 cm³/mol. The minimum atomic E-state index is -4.15. The van der Waals surface area contributed by atoms with Crippen molar-refractivity contribution in [2.24, 2.45) is 0 Å². The summed E-state index contributed by atoms with van der Waals surface area (Å²) in [5.74, 6) is 0. The van der Waals surface area contributed by atoms with Crippen LogP contribution in [0.3, 0.4) is 0 Å². The second-order valence-electron chi connectivity index (χ2n) is 3.55. The molecule has 0 saturated carbocycles. The summed E-state index contributed by atoms with van der Waals surface area (Å²) in [6, 6.07) is 0. The topological polar surface area (TPSA) is 24.9 Å². The van der Waals surface area contributed by atoms with Crippen LogP contribution in [0.1, 0.15) is 30.5 Å². The van der Waals surface area contributed by atoms with Crippen LogP contribution < -0.4 is 5.32 Å². The quantitative estimate of drug-likeness (QED) is 0.841. The van der Waals surface area contributed by atoms with Crippen molar-refractivity contribution in [3.8, 4) is 0 Å². The molecule has 0 amide bonds. The number of aryl methyl sites for hydroxylation is 1. The zero-order chi connectivity index (χ0) is 12.0. The van der Waals surface area contributed by atoms with Gasteiger partial charge >= 0.3 is 6.18 Å². The molecule has 1 aromatic rings. The van der Waals surface area contributed by atoms with E-state index in [0.717, 1.165) is 24.3 Å². The van der Waals surface area contributed by atoms with Gasteiger partial charge in [-0.15, -0.1) is 11.3 Å². The number of hydrogen-bond donors (Lipinski definition) is 1. The molecule has 0 unspecified atom stereocenters. The van der Waals surface area contributed by atoms with Gasteiger partial charge in [-0.3, -0.25) is 0 Å². The van der Waals surface area contributed by atoms with Crippen molar-refractivity contribution in [3.05, 3.63) is 16.1 Å². The molecule has 16 heavy (non-hydrogen) atoms. The van der Waals surface area contributed by atoms with Gasteiger partial charge in [0.1, 0.15) is 0 Å². The third kappa shape index (κ3) is 5.46. The Bertz CT molecular complexity index is 309. The number of alkyl halides is 3. The standard InChI is InChI=1S/C10H15F3N2S/c1-2-3-4-9-15-8(6-16-9)5-14-7-10(11,12)13/h6,14H,2-5,7H2,1H3. The Hall–Kier alpha value is -0.620. The number of nitrogens with one attached hydrogen (secondary N) is 1. The number of aromatic nitrogens is 1. The van der Waals surface area contributed by atoms with Gasteiger partial charge in [0, 0.05) is 11.9 Å². The molecule has 1 N–H and O–H groups in total. The van der Waals surface area contributed by atoms with E-state index in [1.165, 1.54) is 11.3 Å². The Morgan fingerprint density at radius 3 is 2.81 bits per heavy atom. The molecular weight excluding hydrogens is 237 g/mol. The van der Waals surface area contributed by atoms with Crippen molar-refractivity contribution in [2.45, 2.75) is 38.9 Å². The molecule has 92 valence electrons. The van der Waals surface area contributed by atoms with Crippen LogP contribution in [0.25, 0.3) is 0 Å². The van der Waals surface area contributed by atoms with E-state index in [-0.39, 0.29) is 6.54 Å². The summed E-state index contributed by atoms with van der Waals surface area (Å²) in [6.07, 6.45) is -1.06. The molecule has 0 radical (unpaired) electrons. The van der Waals surface area contributed by atoms with Gasteiger partial charge in [-0.25, -0.2) is 4.98 Å². The summed E-state index contributed by atoms with van der Waals surface area (Å²) in [4.78, 5) is 4.26. The lowest BCUT2D eigenvalue weighted by molar-refractivity contribution is -0.125. The predicted octanol–water partition coefficient (Wildman–Crippen LogP) is 3.14. The molecule has 2 nitrogen and oxygen atoms in total. The Morgan fingerprint density at radius 2 is 2.19 bits per heavy atom. The van der Waals surface area contributed by atoms with Gasteiger partial charge in [-0.2, -0.15) is 13.2 Å². The van der Waals surface area contributed by atoms with E-state index >= 15 is 0 Å². The highest BCUT2D eigenvalue weighted by Gasteiger charge is 2.26. The van der Waals surface area contributed by atoms with E-state index in [2.05, 4.69) is 17.2 Å². The van der Waals surface area contributed by atoms with Crippen LogP contribution in [0.4, 0.5) is 13.2 Å². The van der Waals surface area contributed by atoms with Gasteiger partial charge in [0.05, 0.1) is 17.2 Å². The summed E-state index contributed by atoms with van der Waals surface area (Å²) in [5, 5.41) is 5.15. The van der Waals surface area contributed by atoms with Gasteiger partial charge < -0.3 is 5.32 Å². The van der Waals surface area contributed by atoms with Crippen molar-refractivity contribution in [3.63, 3.8) is 0 Å². The Morgan fingerprint density at radius 1 is 1.44 bits per heavy atom. The van der Waals surface area contributed by atoms with Crippen LogP contribution in [0, 0.1) is 0 Å². The molecule has 1 rings (SSSR count). The lowest BCUT2D eigenvalue weighted by Gasteiger charge is -2.06. The first-order valence-electron chi connectivity index (χ1n) is 5.22. The fourth-order valence-corrected chi connectivity index (χ4v) is 2.05. The molecule has 6 heteroatoms.